The topological polar surface area (TPSA) is 27.7 Å². The van der Waals surface area contributed by atoms with Gasteiger partial charge >= 0.3 is 0 Å². The van der Waals surface area contributed by atoms with Gasteiger partial charge in [-0.3, -0.25) is 0 Å². The molecule has 182 valence electrons. The third kappa shape index (κ3) is 7.57. The molecule has 5 heteroatoms. The van der Waals surface area contributed by atoms with Crippen molar-refractivity contribution in [1.82, 2.24) is 15.1 Å². The monoisotopic (exact) mass is 455 g/mol. The van der Waals surface area contributed by atoms with E-state index in [1.165, 1.54) is 71.2 Å². The van der Waals surface area contributed by atoms with Gasteiger partial charge in [-0.15, -0.1) is 11.6 Å². The molecular formula is C26H50ClN3O. The van der Waals surface area contributed by atoms with E-state index in [9.17, 15) is 0 Å². The molecule has 1 aliphatic carbocycles. The summed E-state index contributed by atoms with van der Waals surface area (Å²) < 4.78 is 5.25. The summed E-state index contributed by atoms with van der Waals surface area (Å²) in [7, 11) is 1.80. The van der Waals surface area contributed by atoms with Crippen molar-refractivity contribution in [2.45, 2.75) is 77.6 Å². The van der Waals surface area contributed by atoms with Crippen LogP contribution in [-0.4, -0.2) is 80.7 Å². The van der Waals surface area contributed by atoms with Crippen LogP contribution in [0.4, 0.5) is 0 Å². The standard InChI is InChI=1S/C26H50ClN3O/c1-20(2)25(28-16-21-10-12-29(17-21)14-15-31-5)18-30-13-11-24(26(3,4)19-30)22-6-8-23(27)9-7-22/h20-25,28H,6-19H2,1-5H3/t21-,22?,23?,24+,25-/m0/s1. The molecule has 3 aliphatic rings. The molecule has 0 aromatic heterocycles. The number of nitrogens with zero attached hydrogens (tertiary/aromatic N) is 2. The van der Waals surface area contributed by atoms with E-state index in [2.05, 4.69) is 42.8 Å². The van der Waals surface area contributed by atoms with Crippen LogP contribution < -0.4 is 5.32 Å². The van der Waals surface area contributed by atoms with Gasteiger partial charge in [0.05, 0.1) is 6.61 Å². The zero-order valence-corrected chi connectivity index (χ0v) is 21.8. The van der Waals surface area contributed by atoms with Gasteiger partial charge in [0.1, 0.15) is 0 Å². The highest BCUT2D eigenvalue weighted by molar-refractivity contribution is 6.20. The minimum Gasteiger partial charge on any atom is -0.383 e. The smallest absolute Gasteiger partial charge is 0.0589 e. The van der Waals surface area contributed by atoms with Crippen LogP contribution in [0.2, 0.25) is 0 Å². The molecule has 1 saturated carbocycles. The summed E-state index contributed by atoms with van der Waals surface area (Å²) in [6.07, 6.45) is 7.84. The highest BCUT2D eigenvalue weighted by atomic mass is 35.5. The Kier molecular flexibility index (Phi) is 9.98. The van der Waals surface area contributed by atoms with Crippen molar-refractivity contribution >= 4 is 11.6 Å². The van der Waals surface area contributed by atoms with Crippen molar-refractivity contribution in [3.63, 3.8) is 0 Å². The molecule has 2 saturated heterocycles. The first-order valence-electron chi connectivity index (χ1n) is 13.1. The quantitative estimate of drug-likeness (QED) is 0.482. The first-order valence-corrected chi connectivity index (χ1v) is 13.5. The normalized spacial score (nSPS) is 33.8. The van der Waals surface area contributed by atoms with E-state index in [0.29, 0.717) is 22.8 Å². The first-order chi connectivity index (χ1) is 14.8. The van der Waals surface area contributed by atoms with Gasteiger partial charge in [0, 0.05) is 44.7 Å². The molecule has 3 fully saturated rings. The van der Waals surface area contributed by atoms with Crippen molar-refractivity contribution in [1.29, 1.82) is 0 Å². The van der Waals surface area contributed by atoms with Crippen LogP contribution in [0.5, 0.6) is 0 Å². The molecule has 0 spiro atoms. The third-order valence-corrected chi connectivity index (χ3v) is 9.01. The average Bonchev–Trinajstić information content (AvgIpc) is 3.17. The van der Waals surface area contributed by atoms with Gasteiger partial charge in [0.15, 0.2) is 0 Å². The van der Waals surface area contributed by atoms with Crippen LogP contribution in [0, 0.1) is 29.1 Å². The molecule has 0 aromatic carbocycles. The van der Waals surface area contributed by atoms with Crippen molar-refractivity contribution in [2.24, 2.45) is 29.1 Å². The van der Waals surface area contributed by atoms with Crippen LogP contribution in [0.25, 0.3) is 0 Å². The summed E-state index contributed by atoms with van der Waals surface area (Å²) in [5.74, 6) is 3.23. The molecule has 3 rings (SSSR count). The van der Waals surface area contributed by atoms with E-state index >= 15 is 0 Å². The average molecular weight is 456 g/mol. The van der Waals surface area contributed by atoms with Crippen molar-refractivity contribution < 1.29 is 4.74 Å². The lowest BCUT2D eigenvalue weighted by molar-refractivity contribution is 0.00468. The van der Waals surface area contributed by atoms with Gasteiger partial charge in [0.2, 0.25) is 0 Å². The fraction of sp³-hybridized carbons (Fsp3) is 1.00. The number of alkyl halides is 1. The van der Waals surface area contributed by atoms with E-state index in [1.54, 1.807) is 7.11 Å². The summed E-state index contributed by atoms with van der Waals surface area (Å²) in [4.78, 5) is 5.33. The molecular weight excluding hydrogens is 406 g/mol. The molecule has 0 amide bonds. The highest BCUT2D eigenvalue weighted by Crippen LogP contribution is 2.45. The van der Waals surface area contributed by atoms with Crippen molar-refractivity contribution in [3.8, 4) is 0 Å². The molecule has 2 heterocycles. The Bertz CT molecular complexity index is 521. The van der Waals surface area contributed by atoms with E-state index in [1.807, 2.05) is 0 Å². The van der Waals surface area contributed by atoms with Crippen LogP contribution in [0.3, 0.4) is 0 Å². The second-order valence-corrected chi connectivity index (χ2v) is 12.5. The molecule has 0 unspecified atom stereocenters. The number of halogens is 1. The number of nitrogens with one attached hydrogen (secondary N) is 1. The van der Waals surface area contributed by atoms with Crippen molar-refractivity contribution in [3.05, 3.63) is 0 Å². The molecule has 4 nitrogen and oxygen atoms in total. The number of piperidine rings is 1. The number of likely N-dealkylation sites (tertiary alicyclic amines) is 2. The lowest BCUT2D eigenvalue weighted by Gasteiger charge is -2.49. The summed E-state index contributed by atoms with van der Waals surface area (Å²) >= 11 is 6.39. The maximum Gasteiger partial charge on any atom is 0.0589 e. The van der Waals surface area contributed by atoms with Crippen LogP contribution >= 0.6 is 11.6 Å². The molecule has 3 atom stereocenters. The predicted molar refractivity (Wildman–Crippen MR) is 133 cm³/mol. The zero-order chi connectivity index (χ0) is 22.4. The maximum absolute atomic E-state index is 6.39. The lowest BCUT2D eigenvalue weighted by Crippen LogP contribution is -2.53. The zero-order valence-electron chi connectivity index (χ0n) is 21.0. The third-order valence-electron chi connectivity index (χ3n) is 8.57. The summed E-state index contributed by atoms with van der Waals surface area (Å²) in [6.45, 7) is 19.1. The first kappa shape index (κ1) is 25.7. The second kappa shape index (κ2) is 12.0. The summed E-state index contributed by atoms with van der Waals surface area (Å²) in [6, 6.07) is 0.590. The van der Waals surface area contributed by atoms with Gasteiger partial charge in [-0.05, 0) is 87.2 Å². The fourth-order valence-electron chi connectivity index (χ4n) is 6.61. The van der Waals surface area contributed by atoms with Gasteiger partial charge in [-0.25, -0.2) is 0 Å². The Balaban J connectivity index is 1.45. The number of rotatable bonds is 10. The highest BCUT2D eigenvalue weighted by Gasteiger charge is 2.41. The van der Waals surface area contributed by atoms with Gasteiger partial charge in [-0.2, -0.15) is 0 Å². The van der Waals surface area contributed by atoms with Crippen molar-refractivity contribution in [2.75, 3.05) is 59.5 Å². The molecule has 0 radical (unpaired) electrons. The number of ether oxygens (including phenoxy) is 1. The Morgan fingerprint density at radius 3 is 2.39 bits per heavy atom. The minimum atomic E-state index is 0.414. The molecule has 0 bridgehead atoms. The van der Waals surface area contributed by atoms with Crippen LogP contribution in [0.15, 0.2) is 0 Å². The van der Waals surface area contributed by atoms with Gasteiger partial charge in [0.25, 0.3) is 0 Å². The van der Waals surface area contributed by atoms with E-state index in [-0.39, 0.29) is 0 Å². The molecule has 0 aromatic rings. The summed E-state index contributed by atoms with van der Waals surface area (Å²) in [5.41, 5.74) is 0.414. The Hall–Kier alpha value is 0.130. The summed E-state index contributed by atoms with van der Waals surface area (Å²) in [5, 5.41) is 4.41. The van der Waals surface area contributed by atoms with E-state index in [0.717, 1.165) is 37.5 Å². The lowest BCUT2D eigenvalue weighted by atomic mass is 9.64. The second-order valence-electron chi connectivity index (χ2n) is 11.8. The SMILES string of the molecule is COCCN1CC[C@@H](CN[C@@H](CN2CC[C@H](C3CCC(Cl)CC3)C(C)(C)C2)C(C)C)C1. The predicted octanol–water partition coefficient (Wildman–Crippen LogP) is 4.71. The van der Waals surface area contributed by atoms with E-state index in [4.69, 9.17) is 16.3 Å². The minimum absolute atomic E-state index is 0.414. The largest absolute Gasteiger partial charge is 0.383 e. The van der Waals surface area contributed by atoms with E-state index < -0.39 is 0 Å². The number of hydrogen-bond acceptors (Lipinski definition) is 4. The van der Waals surface area contributed by atoms with Gasteiger partial charge < -0.3 is 19.9 Å². The fourth-order valence-corrected chi connectivity index (χ4v) is 6.86. The Morgan fingerprint density at radius 2 is 1.74 bits per heavy atom. The molecule has 2 aliphatic heterocycles. The molecule has 1 N–H and O–H groups in total. The number of hydrogen-bond donors (Lipinski definition) is 1. The van der Waals surface area contributed by atoms with Crippen LogP contribution in [-0.2, 0) is 4.74 Å². The Labute approximate surface area is 197 Å². The van der Waals surface area contributed by atoms with Crippen LogP contribution in [0.1, 0.15) is 66.2 Å². The molecule has 31 heavy (non-hydrogen) atoms. The number of methoxy groups -OCH3 is 1. The Morgan fingerprint density at radius 1 is 1.03 bits per heavy atom. The maximum atomic E-state index is 6.39. The van der Waals surface area contributed by atoms with Gasteiger partial charge in [-0.1, -0.05) is 27.7 Å².